The highest BCUT2D eigenvalue weighted by atomic mass is 35.5. The molecule has 4 aromatic rings. The summed E-state index contributed by atoms with van der Waals surface area (Å²) in [5, 5.41) is 17.7. The molecule has 0 saturated carbocycles. The van der Waals surface area contributed by atoms with Gasteiger partial charge in [0.1, 0.15) is 12.0 Å². The molecule has 13 heteroatoms. The number of aliphatic hydroxyl groups excluding tert-OH is 1. The molecule has 228 valence electrons. The number of benzene rings is 3. The maximum Gasteiger partial charge on any atom is 0.263 e. The van der Waals surface area contributed by atoms with Gasteiger partial charge in [0.15, 0.2) is 11.6 Å². The molecule has 43 heavy (non-hydrogen) atoms. The minimum Gasteiger partial charge on any atom is -0.497 e. The molecule has 1 aliphatic rings. The fourth-order valence-corrected chi connectivity index (χ4v) is 6.10. The minimum atomic E-state index is -4.15. The van der Waals surface area contributed by atoms with E-state index >= 15 is 0 Å². The predicted octanol–water partition coefficient (Wildman–Crippen LogP) is 4.53. The third-order valence-corrected chi connectivity index (χ3v) is 8.63. The van der Waals surface area contributed by atoms with Gasteiger partial charge in [-0.2, -0.15) is 0 Å². The van der Waals surface area contributed by atoms with E-state index in [9.17, 15) is 13.5 Å². The second-order valence-electron chi connectivity index (χ2n) is 10.9. The summed E-state index contributed by atoms with van der Waals surface area (Å²) in [4.78, 5) is 11.4. The van der Waals surface area contributed by atoms with Crippen LogP contribution in [0.3, 0.4) is 0 Å². The zero-order valence-corrected chi connectivity index (χ0v) is 25.7. The topological polar surface area (TPSA) is 138 Å². The molecule has 2 heterocycles. The molecule has 4 N–H and O–H groups in total. The largest absolute Gasteiger partial charge is 0.497 e. The summed E-state index contributed by atoms with van der Waals surface area (Å²) in [6.07, 6.45) is -1.10. The summed E-state index contributed by atoms with van der Waals surface area (Å²) in [7, 11) is -2.62. The lowest BCUT2D eigenvalue weighted by Gasteiger charge is -2.37. The van der Waals surface area contributed by atoms with E-state index in [0.29, 0.717) is 52.8 Å². The number of halogens is 1. The Balaban J connectivity index is 1.40. The fraction of sp³-hybridized carbons (Fsp3) is 0.333. The summed E-state index contributed by atoms with van der Waals surface area (Å²) < 4.78 is 40.6. The number of anilines is 3. The Bertz CT molecular complexity index is 1700. The summed E-state index contributed by atoms with van der Waals surface area (Å²) in [6.45, 7) is 7.68. The second kappa shape index (κ2) is 13.0. The Kier molecular flexibility index (Phi) is 9.35. The SMILES string of the molecule is COc1ccc(Cl)c(Nc2nc3ccccc3nc2NS(=O)(=O)c2cccc(C(O)NC(C)(C)CN3CCOCC3)c2)c1. The molecule has 0 bridgehead atoms. The van der Waals surface area contributed by atoms with Crippen LogP contribution in [0.2, 0.25) is 5.02 Å². The van der Waals surface area contributed by atoms with Crippen LogP contribution in [-0.4, -0.2) is 73.9 Å². The van der Waals surface area contributed by atoms with E-state index in [1.807, 2.05) is 19.9 Å². The zero-order valence-electron chi connectivity index (χ0n) is 24.2. The molecule has 1 fully saturated rings. The smallest absolute Gasteiger partial charge is 0.263 e. The van der Waals surface area contributed by atoms with Crippen LogP contribution in [0.15, 0.2) is 71.6 Å². The average Bonchev–Trinajstić information content (AvgIpc) is 2.98. The van der Waals surface area contributed by atoms with Crippen molar-refractivity contribution >= 4 is 50.0 Å². The lowest BCUT2D eigenvalue weighted by atomic mass is 10.0. The van der Waals surface area contributed by atoms with Crippen molar-refractivity contribution < 1.29 is 23.0 Å². The van der Waals surface area contributed by atoms with Crippen LogP contribution >= 0.6 is 11.6 Å². The Labute approximate surface area is 256 Å². The zero-order chi connectivity index (χ0) is 30.6. The number of rotatable bonds is 11. The van der Waals surface area contributed by atoms with Crippen molar-refractivity contribution in [2.24, 2.45) is 0 Å². The number of methoxy groups -OCH3 is 1. The first-order chi connectivity index (χ1) is 20.5. The first-order valence-corrected chi connectivity index (χ1v) is 15.7. The lowest BCUT2D eigenvalue weighted by Crippen LogP contribution is -2.52. The molecule has 0 radical (unpaired) electrons. The second-order valence-corrected chi connectivity index (χ2v) is 13.0. The van der Waals surface area contributed by atoms with Gasteiger partial charge in [0, 0.05) is 31.2 Å². The van der Waals surface area contributed by atoms with Crippen LogP contribution in [0.25, 0.3) is 11.0 Å². The van der Waals surface area contributed by atoms with Gasteiger partial charge in [-0.3, -0.25) is 14.9 Å². The van der Waals surface area contributed by atoms with Crippen LogP contribution in [-0.2, 0) is 14.8 Å². The van der Waals surface area contributed by atoms with Gasteiger partial charge in [-0.05, 0) is 55.8 Å². The molecule has 1 aromatic heterocycles. The number of sulfonamides is 1. The molecular weight excluding hydrogens is 592 g/mol. The van der Waals surface area contributed by atoms with Crippen molar-refractivity contribution in [1.82, 2.24) is 20.2 Å². The predicted molar refractivity (Wildman–Crippen MR) is 168 cm³/mol. The van der Waals surface area contributed by atoms with Crippen molar-refractivity contribution in [2.45, 2.75) is 30.5 Å². The van der Waals surface area contributed by atoms with E-state index in [2.05, 4.69) is 30.2 Å². The van der Waals surface area contributed by atoms with Gasteiger partial charge in [-0.1, -0.05) is 35.9 Å². The number of ether oxygens (including phenoxy) is 2. The number of hydrogen-bond donors (Lipinski definition) is 4. The molecule has 0 amide bonds. The summed E-state index contributed by atoms with van der Waals surface area (Å²) in [5.74, 6) is 0.688. The number of nitrogens with one attached hydrogen (secondary N) is 3. The Morgan fingerprint density at radius 3 is 2.42 bits per heavy atom. The number of hydrogen-bond acceptors (Lipinski definition) is 10. The van der Waals surface area contributed by atoms with Gasteiger partial charge in [0.2, 0.25) is 0 Å². The van der Waals surface area contributed by atoms with Gasteiger partial charge < -0.3 is 19.9 Å². The number of para-hydroxylation sites is 2. The van der Waals surface area contributed by atoms with E-state index in [0.717, 1.165) is 13.1 Å². The van der Waals surface area contributed by atoms with Crippen molar-refractivity contribution in [3.8, 4) is 5.75 Å². The first-order valence-electron chi connectivity index (χ1n) is 13.8. The van der Waals surface area contributed by atoms with E-state index < -0.39 is 21.8 Å². The highest BCUT2D eigenvalue weighted by molar-refractivity contribution is 7.92. The molecule has 11 nitrogen and oxygen atoms in total. The maximum absolute atomic E-state index is 13.7. The lowest BCUT2D eigenvalue weighted by molar-refractivity contribution is 0.0169. The number of morpholine rings is 1. The molecule has 1 aliphatic heterocycles. The van der Waals surface area contributed by atoms with Crippen molar-refractivity contribution in [1.29, 1.82) is 0 Å². The van der Waals surface area contributed by atoms with E-state index in [1.165, 1.54) is 19.2 Å². The third-order valence-electron chi connectivity index (χ3n) is 6.96. The van der Waals surface area contributed by atoms with E-state index in [1.54, 1.807) is 48.5 Å². The van der Waals surface area contributed by atoms with Crippen LogP contribution in [0.4, 0.5) is 17.3 Å². The minimum absolute atomic E-state index is 0.0201. The Morgan fingerprint density at radius 2 is 1.72 bits per heavy atom. The molecule has 1 atom stereocenters. The number of aromatic nitrogens is 2. The van der Waals surface area contributed by atoms with Gasteiger partial charge in [-0.25, -0.2) is 18.4 Å². The molecule has 0 spiro atoms. The average molecular weight is 627 g/mol. The Morgan fingerprint density at radius 1 is 1.02 bits per heavy atom. The fourth-order valence-electron chi connectivity index (χ4n) is 4.87. The summed E-state index contributed by atoms with van der Waals surface area (Å²) in [5.41, 5.74) is 1.47. The molecule has 3 aromatic carbocycles. The first kappa shape index (κ1) is 30.9. The van der Waals surface area contributed by atoms with Gasteiger partial charge >= 0.3 is 0 Å². The highest BCUT2D eigenvalue weighted by Crippen LogP contribution is 2.33. The van der Waals surface area contributed by atoms with Gasteiger partial charge in [-0.15, -0.1) is 0 Å². The number of aliphatic hydroxyl groups is 1. The van der Waals surface area contributed by atoms with Crippen LogP contribution in [0, 0.1) is 0 Å². The van der Waals surface area contributed by atoms with Gasteiger partial charge in [0.05, 0.1) is 47.0 Å². The maximum atomic E-state index is 13.7. The van der Waals surface area contributed by atoms with Crippen LogP contribution in [0.5, 0.6) is 5.75 Å². The molecule has 0 aliphatic carbocycles. The molecule has 5 rings (SSSR count). The quantitative estimate of drug-likeness (QED) is 0.176. The van der Waals surface area contributed by atoms with Crippen LogP contribution < -0.4 is 20.1 Å². The molecule has 1 saturated heterocycles. The van der Waals surface area contributed by atoms with Crippen molar-refractivity contribution in [2.75, 3.05) is 50.0 Å². The third kappa shape index (κ3) is 7.71. The summed E-state index contributed by atoms with van der Waals surface area (Å²) >= 11 is 6.41. The van der Waals surface area contributed by atoms with E-state index in [4.69, 9.17) is 21.1 Å². The number of nitrogens with zero attached hydrogens (tertiary/aromatic N) is 3. The van der Waals surface area contributed by atoms with Crippen LogP contribution in [0.1, 0.15) is 25.6 Å². The van der Waals surface area contributed by atoms with Gasteiger partial charge in [0.25, 0.3) is 10.0 Å². The standard InChI is InChI=1S/C30H35ClN6O5S/c1-30(2,19-37-13-15-42-16-14-37)35-29(38)20-7-6-8-22(17-20)43(39,40)36-28-27(32-24-9-4-5-10-25(24)33-28)34-26-18-21(41-3)11-12-23(26)31/h4-12,17-18,29,35,38H,13-16,19H2,1-3H3,(H,32,34)(H,33,36). The molecular formula is C30H35ClN6O5S. The van der Waals surface area contributed by atoms with Crippen molar-refractivity contribution in [3.63, 3.8) is 0 Å². The molecule has 1 unspecified atom stereocenters. The monoisotopic (exact) mass is 626 g/mol. The van der Waals surface area contributed by atoms with E-state index in [-0.39, 0.29) is 16.5 Å². The summed E-state index contributed by atoms with van der Waals surface area (Å²) in [6, 6.07) is 18.3. The van der Waals surface area contributed by atoms with Crippen molar-refractivity contribution in [3.05, 3.63) is 77.3 Å². The highest BCUT2D eigenvalue weighted by Gasteiger charge is 2.27. The Hall–Kier alpha value is -3.52. The number of fused-ring (bicyclic) bond motifs is 1. The normalized spacial score (nSPS) is 15.3.